The van der Waals surface area contributed by atoms with Crippen molar-refractivity contribution in [2.75, 3.05) is 23.1 Å². The number of nitrogens with zero attached hydrogens (tertiary/aromatic N) is 2. The van der Waals surface area contributed by atoms with E-state index in [2.05, 4.69) is 25.3 Å². The highest BCUT2D eigenvalue weighted by Gasteiger charge is 2.26. The zero-order valence-electron chi connectivity index (χ0n) is 17.4. The number of carbonyl (C=O) groups is 2. The fourth-order valence-corrected chi connectivity index (χ4v) is 5.85. The molecule has 2 heterocycles. The smallest absolute Gasteiger partial charge is 0.307 e. The molecule has 0 radical (unpaired) electrons. The molecule has 1 aliphatic rings. The van der Waals surface area contributed by atoms with Crippen molar-refractivity contribution in [2.45, 2.75) is 36.4 Å². The van der Waals surface area contributed by atoms with Gasteiger partial charge < -0.3 is 5.32 Å². The average Bonchev–Trinajstić information content (AvgIpc) is 3.35. The van der Waals surface area contributed by atoms with E-state index in [0.29, 0.717) is 16.9 Å². The molecule has 0 aliphatic heterocycles. The summed E-state index contributed by atoms with van der Waals surface area (Å²) in [4.78, 5) is 33.3. The Bertz CT molecular complexity index is 1230. The molecule has 3 rings (SSSR count). The molecule has 1 saturated carbocycles. The Kier molecular flexibility index (Phi) is 7.27. The highest BCUT2D eigenvalue weighted by molar-refractivity contribution is 7.93. The third-order valence-electron chi connectivity index (χ3n) is 4.78. The number of ketones is 1. The van der Waals surface area contributed by atoms with E-state index in [1.165, 1.54) is 18.5 Å². The van der Waals surface area contributed by atoms with Crippen LogP contribution in [0.25, 0.3) is 0 Å². The molecule has 0 unspecified atom stereocenters. The highest BCUT2D eigenvalue weighted by Crippen LogP contribution is 2.31. The Morgan fingerprint density at radius 3 is 2.44 bits per heavy atom. The Balaban J connectivity index is 1.77. The Morgan fingerprint density at radius 2 is 1.81 bits per heavy atom. The zero-order chi connectivity index (χ0) is 23.5. The first kappa shape index (κ1) is 24.2. The van der Waals surface area contributed by atoms with Crippen LogP contribution in [0, 0.1) is 5.92 Å². The van der Waals surface area contributed by atoms with Crippen LogP contribution >= 0.6 is 11.3 Å². The number of thiazole rings is 1. The van der Waals surface area contributed by atoms with Crippen LogP contribution in [-0.4, -0.2) is 51.1 Å². The topological polar surface area (TPSA) is 164 Å². The lowest BCUT2D eigenvalue weighted by Crippen LogP contribution is -2.23. The van der Waals surface area contributed by atoms with Gasteiger partial charge in [-0.1, -0.05) is 24.2 Å². The average molecular weight is 502 g/mol. The predicted molar refractivity (Wildman–Crippen MR) is 120 cm³/mol. The largest absolute Gasteiger partial charge is 0.325 e. The van der Waals surface area contributed by atoms with Gasteiger partial charge in [0.25, 0.3) is 0 Å². The van der Waals surface area contributed by atoms with Crippen molar-refractivity contribution in [2.24, 2.45) is 5.92 Å². The van der Waals surface area contributed by atoms with E-state index >= 15 is 0 Å². The van der Waals surface area contributed by atoms with E-state index in [9.17, 15) is 26.4 Å². The van der Waals surface area contributed by atoms with Gasteiger partial charge in [0.05, 0.1) is 29.7 Å². The number of pyridine rings is 1. The predicted octanol–water partition coefficient (Wildman–Crippen LogP) is 2.01. The van der Waals surface area contributed by atoms with Gasteiger partial charge in [0.1, 0.15) is 4.21 Å². The summed E-state index contributed by atoms with van der Waals surface area (Å²) in [6.07, 6.45) is 8.34. The second-order valence-electron chi connectivity index (χ2n) is 7.46. The summed E-state index contributed by atoms with van der Waals surface area (Å²) < 4.78 is 48.8. The third kappa shape index (κ3) is 6.31. The second kappa shape index (κ2) is 9.60. The van der Waals surface area contributed by atoms with E-state index in [0.717, 1.165) is 38.2 Å². The summed E-state index contributed by atoms with van der Waals surface area (Å²) in [5, 5.41) is 4.99. The molecule has 2 amide bonds. The lowest BCUT2D eigenvalue weighted by molar-refractivity contribution is 0.0923. The van der Waals surface area contributed by atoms with Crippen LogP contribution in [0.2, 0.25) is 0 Å². The molecule has 1 fully saturated rings. The van der Waals surface area contributed by atoms with Crippen LogP contribution in [0.1, 0.15) is 41.7 Å². The molecule has 11 nitrogen and oxygen atoms in total. The molecule has 3 N–H and O–H groups in total. The zero-order valence-corrected chi connectivity index (χ0v) is 19.9. The van der Waals surface area contributed by atoms with Gasteiger partial charge in [-0.15, -0.1) is 0 Å². The molecule has 0 bridgehead atoms. The number of sulfonamides is 1. The molecule has 0 atom stereocenters. The van der Waals surface area contributed by atoms with E-state index in [-0.39, 0.29) is 39.0 Å². The lowest BCUT2D eigenvalue weighted by atomic mass is 9.96. The first-order valence-corrected chi connectivity index (χ1v) is 14.2. The van der Waals surface area contributed by atoms with Crippen LogP contribution < -0.4 is 15.4 Å². The fraction of sp³-hybridized carbons (Fsp3) is 0.444. The first-order chi connectivity index (χ1) is 14.9. The fourth-order valence-electron chi connectivity index (χ4n) is 3.35. The van der Waals surface area contributed by atoms with Crippen LogP contribution in [0.15, 0.2) is 22.7 Å². The van der Waals surface area contributed by atoms with Crippen molar-refractivity contribution in [3.8, 4) is 0 Å². The summed E-state index contributed by atoms with van der Waals surface area (Å²) >= 11 is 0.702. The standard InChI is InChI=1S/C18H23N5O6S3/c1-31(26,27)16-14(10-20-32(2,28)29)22-18(30-16)23-17(25)21-13-7-8-19-9-12(13)15(24)11-5-3-4-6-11/h7-9,11,20H,3-6,10H2,1-2H3,(H2,19,21,22,23,25). The van der Waals surface area contributed by atoms with Gasteiger partial charge in [0, 0.05) is 24.6 Å². The van der Waals surface area contributed by atoms with E-state index in [1.54, 1.807) is 0 Å². The molecule has 174 valence electrons. The van der Waals surface area contributed by atoms with Crippen LogP contribution in [-0.2, 0) is 26.4 Å². The Hall–Kier alpha value is -2.42. The van der Waals surface area contributed by atoms with Gasteiger partial charge in [0.2, 0.25) is 10.0 Å². The van der Waals surface area contributed by atoms with Crippen LogP contribution in [0.5, 0.6) is 0 Å². The van der Waals surface area contributed by atoms with Gasteiger partial charge >= 0.3 is 6.03 Å². The maximum absolute atomic E-state index is 12.8. The van der Waals surface area contributed by atoms with Gasteiger partial charge in [-0.25, -0.2) is 31.3 Å². The molecule has 2 aromatic rings. The summed E-state index contributed by atoms with van der Waals surface area (Å²) in [6, 6.07) is 0.778. The maximum atomic E-state index is 12.8. The number of rotatable bonds is 8. The molecule has 2 aromatic heterocycles. The molecule has 0 saturated heterocycles. The van der Waals surface area contributed by atoms with Crippen molar-refractivity contribution < 1.29 is 26.4 Å². The van der Waals surface area contributed by atoms with Crippen LogP contribution in [0.3, 0.4) is 0 Å². The van der Waals surface area contributed by atoms with Gasteiger partial charge in [-0.05, 0) is 18.9 Å². The number of hydrogen-bond donors (Lipinski definition) is 3. The number of anilines is 2. The summed E-state index contributed by atoms with van der Waals surface area (Å²) in [5.41, 5.74) is 0.566. The molecule has 32 heavy (non-hydrogen) atoms. The number of hydrogen-bond acceptors (Lipinski definition) is 9. The summed E-state index contributed by atoms with van der Waals surface area (Å²) in [7, 11) is -7.28. The van der Waals surface area contributed by atoms with E-state index < -0.39 is 25.9 Å². The lowest BCUT2D eigenvalue weighted by Gasteiger charge is -2.13. The number of aromatic nitrogens is 2. The Labute approximate surface area is 190 Å². The number of Topliss-reactive ketones (excluding diaryl/α,β-unsaturated/α-hetero) is 1. The minimum absolute atomic E-state index is 0.0285. The number of sulfone groups is 1. The normalized spacial score (nSPS) is 14.9. The van der Waals surface area contributed by atoms with E-state index in [4.69, 9.17) is 0 Å². The van der Waals surface area contributed by atoms with Crippen molar-refractivity contribution in [3.05, 3.63) is 29.7 Å². The minimum atomic E-state index is -3.71. The molecular weight excluding hydrogens is 478 g/mol. The molecule has 0 spiro atoms. The monoisotopic (exact) mass is 501 g/mol. The molecule has 1 aliphatic carbocycles. The number of carbonyl (C=O) groups excluding carboxylic acids is 2. The summed E-state index contributed by atoms with van der Waals surface area (Å²) in [6.45, 7) is -0.342. The van der Waals surface area contributed by atoms with Gasteiger partial charge in [0.15, 0.2) is 20.8 Å². The Morgan fingerprint density at radius 1 is 1.12 bits per heavy atom. The minimum Gasteiger partial charge on any atom is -0.307 e. The molecular formula is C18H23N5O6S3. The number of urea groups is 1. The summed E-state index contributed by atoms with van der Waals surface area (Å²) in [5.74, 6) is -0.169. The van der Waals surface area contributed by atoms with Crippen molar-refractivity contribution in [1.29, 1.82) is 0 Å². The van der Waals surface area contributed by atoms with Crippen LogP contribution in [0.4, 0.5) is 15.6 Å². The molecule has 0 aromatic carbocycles. The van der Waals surface area contributed by atoms with E-state index in [1.807, 2.05) is 0 Å². The number of nitrogens with one attached hydrogen (secondary N) is 3. The molecule has 14 heteroatoms. The van der Waals surface area contributed by atoms with Crippen molar-refractivity contribution in [1.82, 2.24) is 14.7 Å². The number of amides is 2. The van der Waals surface area contributed by atoms with Gasteiger partial charge in [-0.2, -0.15) is 0 Å². The maximum Gasteiger partial charge on any atom is 0.325 e. The third-order valence-corrected chi connectivity index (χ3v) is 8.33. The SMILES string of the molecule is CS(=O)(=O)NCc1nc(NC(=O)Nc2ccncc2C(=O)C2CCCC2)sc1S(C)(=O)=O. The highest BCUT2D eigenvalue weighted by atomic mass is 32.2. The van der Waals surface area contributed by atoms with Crippen molar-refractivity contribution in [3.63, 3.8) is 0 Å². The first-order valence-electron chi connectivity index (χ1n) is 9.64. The second-order valence-corrected chi connectivity index (χ2v) is 12.5. The van der Waals surface area contributed by atoms with Crippen molar-refractivity contribution >= 4 is 53.8 Å². The van der Waals surface area contributed by atoms with Gasteiger partial charge in [-0.3, -0.25) is 15.1 Å². The quantitative estimate of drug-likeness (QED) is 0.462.